The van der Waals surface area contributed by atoms with Gasteiger partial charge in [0.15, 0.2) is 0 Å². The molecule has 10 heteroatoms. The summed E-state index contributed by atoms with van der Waals surface area (Å²) < 4.78 is 45.7. The lowest BCUT2D eigenvalue weighted by molar-refractivity contribution is -0.137. The molecule has 40 heavy (non-hydrogen) atoms. The van der Waals surface area contributed by atoms with Crippen LogP contribution in [0.5, 0.6) is 0 Å². The van der Waals surface area contributed by atoms with Crippen LogP contribution in [0.1, 0.15) is 28.4 Å². The highest BCUT2D eigenvalue weighted by Gasteiger charge is 2.34. The van der Waals surface area contributed by atoms with E-state index >= 15 is 0 Å². The topological polar surface area (TPSA) is 77.9 Å². The van der Waals surface area contributed by atoms with Crippen LogP contribution in [-0.2, 0) is 10.9 Å². The molecule has 0 bridgehead atoms. The number of aliphatic hydroxyl groups excluding tert-OH is 1. The van der Waals surface area contributed by atoms with E-state index in [-0.39, 0.29) is 11.7 Å². The van der Waals surface area contributed by atoms with Crippen molar-refractivity contribution in [3.8, 4) is 0 Å². The van der Waals surface area contributed by atoms with E-state index in [0.29, 0.717) is 66.4 Å². The van der Waals surface area contributed by atoms with Crippen LogP contribution >= 0.6 is 0 Å². The Hall–Kier alpha value is -4.31. The molecule has 1 atom stereocenters. The number of carbonyl (C=O) groups is 1. The van der Waals surface area contributed by atoms with Crippen molar-refractivity contribution in [3.05, 3.63) is 113 Å². The van der Waals surface area contributed by atoms with E-state index in [1.54, 1.807) is 25.1 Å². The number of carbonyl (C=O) groups excluding carboxylic acids is 1. The lowest BCUT2D eigenvalue weighted by Crippen LogP contribution is -2.47. The second kappa shape index (κ2) is 11.4. The van der Waals surface area contributed by atoms with Crippen molar-refractivity contribution in [1.82, 2.24) is 15.2 Å². The van der Waals surface area contributed by atoms with Gasteiger partial charge >= 0.3 is 6.18 Å². The number of anilines is 1. The number of nitrogens with zero attached hydrogens (tertiary/aromatic N) is 3. The number of piperazine rings is 1. The molecule has 2 aromatic carbocycles. The molecule has 5 rings (SSSR count). The third-order valence-electron chi connectivity index (χ3n) is 7.10. The van der Waals surface area contributed by atoms with Crippen molar-refractivity contribution in [2.45, 2.75) is 19.3 Å². The maximum absolute atomic E-state index is 13.2. The third-order valence-corrected chi connectivity index (χ3v) is 7.10. The normalized spacial score (nSPS) is 18.5. The lowest BCUT2D eigenvalue weighted by atomic mass is 9.96. The Kier molecular flexibility index (Phi) is 7.79. The van der Waals surface area contributed by atoms with Gasteiger partial charge in [0.05, 0.1) is 11.1 Å². The van der Waals surface area contributed by atoms with Gasteiger partial charge in [0, 0.05) is 61.9 Å². The molecule has 3 aromatic rings. The van der Waals surface area contributed by atoms with Crippen LogP contribution in [0.4, 0.5) is 18.9 Å². The molecule has 208 valence electrons. The van der Waals surface area contributed by atoms with Crippen molar-refractivity contribution in [2.75, 3.05) is 37.6 Å². The molecule has 0 aliphatic carbocycles. The molecular formula is C30H29F3N4O3. The summed E-state index contributed by atoms with van der Waals surface area (Å²) >= 11 is 0. The number of benzene rings is 2. The zero-order valence-electron chi connectivity index (χ0n) is 21.9. The highest BCUT2D eigenvalue weighted by Crippen LogP contribution is 2.35. The zero-order valence-corrected chi connectivity index (χ0v) is 21.9. The molecule has 7 nitrogen and oxygen atoms in total. The first kappa shape index (κ1) is 27.3. The lowest BCUT2D eigenvalue weighted by Gasteiger charge is -2.38. The second-order valence-corrected chi connectivity index (χ2v) is 9.68. The Morgan fingerprint density at radius 3 is 2.40 bits per heavy atom. The van der Waals surface area contributed by atoms with E-state index in [2.05, 4.69) is 15.2 Å². The highest BCUT2D eigenvalue weighted by atomic mass is 19.4. The van der Waals surface area contributed by atoms with Gasteiger partial charge in [0.2, 0.25) is 6.23 Å². The van der Waals surface area contributed by atoms with Crippen LogP contribution in [-0.4, -0.2) is 59.8 Å². The molecule has 0 spiro atoms. The smallest absolute Gasteiger partial charge is 0.416 e. The molecule has 2 aliphatic rings. The first-order valence-electron chi connectivity index (χ1n) is 12.9. The van der Waals surface area contributed by atoms with Crippen molar-refractivity contribution < 1.29 is 27.8 Å². The summed E-state index contributed by atoms with van der Waals surface area (Å²) in [5, 5.41) is 14.4. The van der Waals surface area contributed by atoms with Crippen LogP contribution in [0.3, 0.4) is 0 Å². The number of halogens is 3. The number of amides is 1. The maximum Gasteiger partial charge on any atom is 0.416 e. The van der Waals surface area contributed by atoms with Crippen molar-refractivity contribution in [2.24, 2.45) is 0 Å². The van der Waals surface area contributed by atoms with Gasteiger partial charge in [0.25, 0.3) is 5.91 Å². The second-order valence-electron chi connectivity index (χ2n) is 9.68. The summed E-state index contributed by atoms with van der Waals surface area (Å²) in [5.74, 6) is 0.156. The molecule has 0 saturated carbocycles. The number of ether oxygens (including phenoxy) is 1. The van der Waals surface area contributed by atoms with Crippen molar-refractivity contribution in [3.63, 3.8) is 0 Å². The summed E-state index contributed by atoms with van der Waals surface area (Å²) in [7, 11) is 0. The Balaban J connectivity index is 1.33. The summed E-state index contributed by atoms with van der Waals surface area (Å²) in [4.78, 5) is 20.9. The molecule has 2 N–H and O–H groups in total. The molecule has 0 radical (unpaired) electrons. The largest absolute Gasteiger partial charge is 0.507 e. The standard InChI is InChI=1S/C30H29F3N4O3/c1-20-25(19-36-14-16-37(17-15-36)24-9-5-8-23(18-24)30(31,32)33)27(38)26(21-6-3-2-4-7-21)29(40-20)35-28(39)22-10-12-34-13-11-22/h2-13,18,29,38H,14-17,19H2,1H3,(H,35,39). The van der Waals surface area contributed by atoms with Gasteiger partial charge in [-0.3, -0.25) is 14.7 Å². The summed E-state index contributed by atoms with van der Waals surface area (Å²) in [6, 6.07) is 17.8. The Morgan fingerprint density at radius 1 is 1.02 bits per heavy atom. The number of aliphatic hydroxyl groups is 1. The van der Waals surface area contributed by atoms with Gasteiger partial charge in [-0.15, -0.1) is 0 Å². The number of hydrogen-bond donors (Lipinski definition) is 2. The zero-order chi connectivity index (χ0) is 28.3. The Morgan fingerprint density at radius 2 is 1.73 bits per heavy atom. The molecule has 1 unspecified atom stereocenters. The van der Waals surface area contributed by atoms with E-state index in [1.807, 2.05) is 35.2 Å². The molecular weight excluding hydrogens is 521 g/mol. The fourth-order valence-corrected chi connectivity index (χ4v) is 4.93. The van der Waals surface area contributed by atoms with Gasteiger partial charge in [0.1, 0.15) is 11.5 Å². The molecule has 1 fully saturated rings. The first-order chi connectivity index (χ1) is 19.2. The molecule has 3 heterocycles. The molecule has 1 amide bonds. The van der Waals surface area contributed by atoms with Crippen LogP contribution in [0.25, 0.3) is 5.57 Å². The van der Waals surface area contributed by atoms with E-state index < -0.39 is 18.0 Å². The monoisotopic (exact) mass is 550 g/mol. The number of nitrogens with one attached hydrogen (secondary N) is 1. The number of aromatic nitrogens is 1. The van der Waals surface area contributed by atoms with Gasteiger partial charge in [-0.1, -0.05) is 36.4 Å². The molecule has 1 aromatic heterocycles. The van der Waals surface area contributed by atoms with Crippen LogP contribution in [0, 0.1) is 0 Å². The minimum absolute atomic E-state index is 0.0373. The van der Waals surface area contributed by atoms with Crippen molar-refractivity contribution in [1.29, 1.82) is 0 Å². The fourth-order valence-electron chi connectivity index (χ4n) is 4.93. The fraction of sp³-hybridized carbons (Fsp3) is 0.267. The summed E-state index contributed by atoms with van der Waals surface area (Å²) in [6.07, 6.45) is -2.25. The third kappa shape index (κ3) is 5.96. The Labute approximate surface area is 230 Å². The average molecular weight is 551 g/mol. The predicted octanol–water partition coefficient (Wildman–Crippen LogP) is 5.25. The number of pyridine rings is 1. The van der Waals surface area contributed by atoms with Crippen LogP contribution in [0.15, 0.2) is 96.2 Å². The van der Waals surface area contributed by atoms with E-state index in [1.165, 1.54) is 24.5 Å². The van der Waals surface area contributed by atoms with E-state index in [9.17, 15) is 23.1 Å². The van der Waals surface area contributed by atoms with Crippen LogP contribution in [0.2, 0.25) is 0 Å². The van der Waals surface area contributed by atoms with Gasteiger partial charge in [-0.2, -0.15) is 13.2 Å². The van der Waals surface area contributed by atoms with Gasteiger partial charge < -0.3 is 20.1 Å². The summed E-state index contributed by atoms with van der Waals surface area (Å²) in [6.45, 7) is 4.38. The minimum atomic E-state index is -4.39. The first-order valence-corrected chi connectivity index (χ1v) is 12.9. The predicted molar refractivity (Wildman–Crippen MR) is 145 cm³/mol. The van der Waals surface area contributed by atoms with Crippen molar-refractivity contribution >= 4 is 17.2 Å². The highest BCUT2D eigenvalue weighted by molar-refractivity contribution is 5.95. The minimum Gasteiger partial charge on any atom is -0.507 e. The number of alkyl halides is 3. The van der Waals surface area contributed by atoms with E-state index in [4.69, 9.17) is 4.74 Å². The van der Waals surface area contributed by atoms with Crippen LogP contribution < -0.4 is 10.2 Å². The number of allylic oxidation sites excluding steroid dienone is 1. The number of rotatable bonds is 6. The quantitative estimate of drug-likeness (QED) is 0.437. The van der Waals surface area contributed by atoms with E-state index in [0.717, 1.165) is 6.07 Å². The number of hydrogen-bond acceptors (Lipinski definition) is 6. The van der Waals surface area contributed by atoms with Gasteiger partial charge in [-0.05, 0) is 42.8 Å². The summed E-state index contributed by atoms with van der Waals surface area (Å²) in [5.41, 5.74) is 2.04. The Bertz CT molecular complexity index is 1420. The molecule has 2 aliphatic heterocycles. The maximum atomic E-state index is 13.2. The van der Waals surface area contributed by atoms with Gasteiger partial charge in [-0.25, -0.2) is 0 Å². The SMILES string of the molecule is CC1=C(CN2CCN(c3cccc(C(F)(F)F)c3)CC2)C(O)=C(c2ccccc2)C(NC(=O)c2ccncc2)O1. The average Bonchev–Trinajstić information content (AvgIpc) is 2.96. The molecule has 1 saturated heterocycles.